The number of aromatic nitrogens is 1. The van der Waals surface area contributed by atoms with Crippen LogP contribution in [0.5, 0.6) is 0 Å². The van der Waals surface area contributed by atoms with Gasteiger partial charge in [-0.2, -0.15) is 0 Å². The lowest BCUT2D eigenvalue weighted by atomic mass is 9.87. The third kappa shape index (κ3) is 4.44. The van der Waals surface area contributed by atoms with Crippen LogP contribution in [0.1, 0.15) is 42.4 Å². The molecule has 2 aromatic carbocycles. The molecule has 1 fully saturated rings. The molecule has 1 saturated carbocycles. The molecule has 30 heavy (non-hydrogen) atoms. The number of anilines is 1. The largest absolute Gasteiger partial charge is 0.347 e. The first-order valence-electron chi connectivity index (χ1n) is 10.3. The van der Waals surface area contributed by atoms with Crippen LogP contribution in [0.15, 0.2) is 54.4 Å². The second-order valence-electron chi connectivity index (χ2n) is 7.90. The van der Waals surface area contributed by atoms with Crippen molar-refractivity contribution >= 4 is 39.6 Å². The lowest BCUT2D eigenvalue weighted by Gasteiger charge is -2.26. The summed E-state index contributed by atoms with van der Waals surface area (Å²) < 4.78 is 0. The molecule has 1 aromatic heterocycles. The van der Waals surface area contributed by atoms with Crippen molar-refractivity contribution in [1.82, 2.24) is 10.3 Å². The minimum atomic E-state index is -0.252. The van der Waals surface area contributed by atoms with Crippen LogP contribution in [0.25, 0.3) is 22.0 Å². The standard InChI is InChI=1S/C24H25N3O2S/c1-3-22(28)26-20-6-4-5-16-9-10-17(13-19(16)20)21-14-30-24(27-21)23(29)25-18-11-7-15(2)8-12-18/h3-6,9-10,13-15,18H,1,7-8,11-12H2,2H3,(H,25,29)(H,26,28). The van der Waals surface area contributed by atoms with Crippen molar-refractivity contribution in [2.75, 3.05) is 5.32 Å². The van der Waals surface area contributed by atoms with Gasteiger partial charge in [0.1, 0.15) is 0 Å². The fourth-order valence-electron chi connectivity index (χ4n) is 3.89. The number of benzene rings is 2. The fraction of sp³-hybridized carbons (Fsp3) is 0.292. The molecule has 3 aromatic rings. The van der Waals surface area contributed by atoms with Crippen LogP contribution in [0.3, 0.4) is 0 Å². The van der Waals surface area contributed by atoms with Gasteiger partial charge < -0.3 is 10.6 Å². The highest BCUT2D eigenvalue weighted by atomic mass is 32.1. The Bertz CT molecular complexity index is 1100. The second-order valence-corrected chi connectivity index (χ2v) is 8.76. The van der Waals surface area contributed by atoms with Crippen LogP contribution in [0.2, 0.25) is 0 Å². The first-order valence-corrected chi connectivity index (χ1v) is 11.1. The third-order valence-corrected chi connectivity index (χ3v) is 6.51. The Morgan fingerprint density at radius 1 is 1.17 bits per heavy atom. The van der Waals surface area contributed by atoms with Gasteiger partial charge in [-0.25, -0.2) is 4.98 Å². The van der Waals surface area contributed by atoms with E-state index in [9.17, 15) is 9.59 Å². The van der Waals surface area contributed by atoms with Gasteiger partial charge in [-0.3, -0.25) is 9.59 Å². The molecule has 0 aliphatic heterocycles. The summed E-state index contributed by atoms with van der Waals surface area (Å²) in [7, 11) is 0. The van der Waals surface area contributed by atoms with Crippen LogP contribution in [-0.2, 0) is 4.79 Å². The van der Waals surface area contributed by atoms with E-state index in [-0.39, 0.29) is 17.9 Å². The molecule has 2 N–H and O–H groups in total. The number of carbonyl (C=O) groups excluding carboxylic acids is 2. The van der Waals surface area contributed by atoms with Crippen molar-refractivity contribution in [1.29, 1.82) is 0 Å². The van der Waals surface area contributed by atoms with E-state index in [1.165, 1.54) is 17.4 Å². The highest BCUT2D eigenvalue weighted by Gasteiger charge is 2.21. The summed E-state index contributed by atoms with van der Waals surface area (Å²) >= 11 is 1.36. The molecule has 5 nitrogen and oxygen atoms in total. The predicted molar refractivity (Wildman–Crippen MR) is 123 cm³/mol. The van der Waals surface area contributed by atoms with Gasteiger partial charge in [-0.05, 0) is 55.2 Å². The number of fused-ring (bicyclic) bond motifs is 1. The van der Waals surface area contributed by atoms with Crippen molar-refractivity contribution in [3.05, 3.63) is 59.4 Å². The van der Waals surface area contributed by atoms with E-state index in [4.69, 9.17) is 0 Å². The number of amides is 2. The van der Waals surface area contributed by atoms with Crippen LogP contribution in [-0.4, -0.2) is 22.8 Å². The Morgan fingerprint density at radius 3 is 2.73 bits per heavy atom. The Balaban J connectivity index is 1.55. The monoisotopic (exact) mass is 419 g/mol. The lowest BCUT2D eigenvalue weighted by molar-refractivity contribution is -0.111. The number of rotatable bonds is 5. The number of thiazole rings is 1. The number of carbonyl (C=O) groups is 2. The molecule has 0 atom stereocenters. The summed E-state index contributed by atoms with van der Waals surface area (Å²) in [5.41, 5.74) is 2.39. The first kappa shape index (κ1) is 20.3. The molecule has 0 radical (unpaired) electrons. The molecule has 2 amide bonds. The predicted octanol–water partition coefficient (Wildman–Crippen LogP) is 5.40. The zero-order chi connectivity index (χ0) is 21.1. The quantitative estimate of drug-likeness (QED) is 0.544. The van der Waals surface area contributed by atoms with Gasteiger partial charge in [0.25, 0.3) is 5.91 Å². The molecular weight excluding hydrogens is 394 g/mol. The SMILES string of the molecule is C=CC(=O)Nc1cccc2ccc(-c3csc(C(=O)NC4CCC(C)CC4)n3)cc12. The summed E-state index contributed by atoms with van der Waals surface area (Å²) in [6, 6.07) is 12.0. The Kier molecular flexibility index (Phi) is 5.95. The normalized spacial score (nSPS) is 18.7. The summed E-state index contributed by atoms with van der Waals surface area (Å²) in [6.45, 7) is 5.77. The number of nitrogens with one attached hydrogen (secondary N) is 2. The van der Waals surface area contributed by atoms with Crippen molar-refractivity contribution in [2.24, 2.45) is 5.92 Å². The molecule has 1 heterocycles. The highest BCUT2D eigenvalue weighted by Crippen LogP contribution is 2.30. The van der Waals surface area contributed by atoms with Crippen molar-refractivity contribution < 1.29 is 9.59 Å². The Morgan fingerprint density at radius 2 is 1.97 bits per heavy atom. The molecule has 0 spiro atoms. The van der Waals surface area contributed by atoms with E-state index in [1.807, 2.05) is 41.8 Å². The maximum atomic E-state index is 12.6. The summed E-state index contributed by atoms with van der Waals surface area (Å²) in [5.74, 6) is 0.404. The zero-order valence-corrected chi connectivity index (χ0v) is 17.8. The number of nitrogens with zero attached hydrogens (tertiary/aromatic N) is 1. The summed E-state index contributed by atoms with van der Waals surface area (Å²) in [6.07, 6.45) is 5.65. The molecule has 1 aliphatic rings. The van der Waals surface area contributed by atoms with E-state index in [2.05, 4.69) is 29.1 Å². The van der Waals surface area contributed by atoms with E-state index in [0.29, 0.717) is 5.01 Å². The van der Waals surface area contributed by atoms with Gasteiger partial charge in [0.05, 0.1) is 5.69 Å². The summed E-state index contributed by atoms with van der Waals surface area (Å²) in [5, 5.41) is 10.3. The number of hydrogen-bond acceptors (Lipinski definition) is 4. The lowest BCUT2D eigenvalue weighted by Crippen LogP contribution is -2.37. The van der Waals surface area contributed by atoms with E-state index in [0.717, 1.165) is 59.3 Å². The van der Waals surface area contributed by atoms with Gasteiger partial charge in [-0.1, -0.05) is 37.8 Å². The maximum Gasteiger partial charge on any atom is 0.280 e. The van der Waals surface area contributed by atoms with Crippen LogP contribution >= 0.6 is 11.3 Å². The fourth-order valence-corrected chi connectivity index (χ4v) is 4.62. The average molecular weight is 420 g/mol. The first-order chi connectivity index (χ1) is 14.5. The summed E-state index contributed by atoms with van der Waals surface area (Å²) in [4.78, 5) is 29.0. The molecule has 0 saturated heterocycles. The van der Waals surface area contributed by atoms with E-state index in [1.54, 1.807) is 0 Å². The average Bonchev–Trinajstić information content (AvgIpc) is 3.26. The minimum absolute atomic E-state index is 0.0921. The Labute approximate surface area is 180 Å². The topological polar surface area (TPSA) is 71.1 Å². The van der Waals surface area contributed by atoms with Crippen LogP contribution in [0.4, 0.5) is 5.69 Å². The zero-order valence-electron chi connectivity index (χ0n) is 17.0. The van der Waals surface area contributed by atoms with Gasteiger partial charge in [-0.15, -0.1) is 11.3 Å². The minimum Gasteiger partial charge on any atom is -0.347 e. The van der Waals surface area contributed by atoms with Crippen LogP contribution < -0.4 is 10.6 Å². The van der Waals surface area contributed by atoms with E-state index < -0.39 is 0 Å². The molecular formula is C24H25N3O2S. The van der Waals surface area contributed by atoms with Crippen LogP contribution in [0, 0.1) is 5.92 Å². The molecule has 4 rings (SSSR count). The molecule has 0 bridgehead atoms. The third-order valence-electron chi connectivity index (χ3n) is 5.67. The van der Waals surface area contributed by atoms with Crippen molar-refractivity contribution in [3.63, 3.8) is 0 Å². The molecule has 0 unspecified atom stereocenters. The van der Waals surface area contributed by atoms with Gasteiger partial charge in [0.2, 0.25) is 5.91 Å². The highest BCUT2D eigenvalue weighted by molar-refractivity contribution is 7.12. The molecule has 6 heteroatoms. The van der Waals surface area contributed by atoms with Gasteiger partial charge in [0.15, 0.2) is 5.01 Å². The maximum absolute atomic E-state index is 12.6. The van der Waals surface area contributed by atoms with Gasteiger partial charge in [0, 0.05) is 28.1 Å². The smallest absolute Gasteiger partial charge is 0.280 e. The molecule has 1 aliphatic carbocycles. The molecule has 154 valence electrons. The second kappa shape index (κ2) is 8.79. The van der Waals surface area contributed by atoms with Crippen molar-refractivity contribution in [3.8, 4) is 11.3 Å². The van der Waals surface area contributed by atoms with Crippen molar-refractivity contribution in [2.45, 2.75) is 38.6 Å². The Hall–Kier alpha value is -2.99. The number of hydrogen-bond donors (Lipinski definition) is 2. The van der Waals surface area contributed by atoms with E-state index >= 15 is 0 Å². The van der Waals surface area contributed by atoms with Gasteiger partial charge >= 0.3 is 0 Å².